The molecule has 2 aliphatic rings. The first-order valence-electron chi connectivity index (χ1n) is 12.4. The summed E-state index contributed by atoms with van der Waals surface area (Å²) in [5.74, 6) is 0.813. The fourth-order valence-electron chi connectivity index (χ4n) is 5.56. The van der Waals surface area contributed by atoms with Crippen molar-refractivity contribution in [1.29, 1.82) is 0 Å². The summed E-state index contributed by atoms with van der Waals surface area (Å²) in [5.41, 5.74) is 8.15. The van der Waals surface area contributed by atoms with Gasteiger partial charge in [-0.1, -0.05) is 18.2 Å². The number of aliphatic hydroxyl groups is 1. The van der Waals surface area contributed by atoms with Crippen molar-refractivity contribution < 1.29 is 14.6 Å². The first-order valence-corrected chi connectivity index (χ1v) is 12.4. The van der Waals surface area contributed by atoms with Crippen LogP contribution in [0.15, 0.2) is 30.5 Å². The standard InChI is InChI=1S/C26H40N4O3/c1-26(2,3)33-25(32)30-14-12-18(13-15-30)23(24(27)31)29-19-10-8-17(9-11-19)21-16-28-22-7-5-4-6-20(21)22/h4-7,16-19,23-24,28-29,31H,8-15,27H2,1-3H3. The molecule has 4 rings (SSSR count). The Labute approximate surface area is 197 Å². The summed E-state index contributed by atoms with van der Waals surface area (Å²) >= 11 is 0. The van der Waals surface area contributed by atoms with E-state index in [9.17, 15) is 9.90 Å². The molecule has 1 aliphatic heterocycles. The summed E-state index contributed by atoms with van der Waals surface area (Å²) in [6, 6.07) is 8.72. The molecule has 2 heterocycles. The largest absolute Gasteiger partial charge is 0.444 e. The highest BCUT2D eigenvalue weighted by molar-refractivity contribution is 5.83. The normalized spacial score (nSPS) is 24.6. The average Bonchev–Trinajstić information content (AvgIpc) is 3.21. The lowest BCUT2D eigenvalue weighted by molar-refractivity contribution is 0.0113. The summed E-state index contributed by atoms with van der Waals surface area (Å²) in [4.78, 5) is 17.5. The van der Waals surface area contributed by atoms with Crippen LogP contribution in [0.5, 0.6) is 0 Å². The first kappa shape index (κ1) is 24.0. The molecule has 0 spiro atoms. The zero-order valence-corrected chi connectivity index (χ0v) is 20.2. The molecule has 33 heavy (non-hydrogen) atoms. The number of carbonyl (C=O) groups is 1. The van der Waals surface area contributed by atoms with Gasteiger partial charge in [0.2, 0.25) is 0 Å². The molecule has 1 saturated carbocycles. The smallest absolute Gasteiger partial charge is 0.410 e. The average molecular weight is 457 g/mol. The molecule has 182 valence electrons. The number of amides is 1. The summed E-state index contributed by atoms with van der Waals surface area (Å²) < 4.78 is 5.50. The third-order valence-electron chi connectivity index (χ3n) is 7.28. The van der Waals surface area contributed by atoms with Gasteiger partial charge in [0.25, 0.3) is 0 Å². The number of ether oxygens (including phenoxy) is 1. The number of aliphatic hydroxyl groups excluding tert-OH is 1. The van der Waals surface area contributed by atoms with Gasteiger partial charge in [0, 0.05) is 42.3 Å². The number of fused-ring (bicyclic) bond motifs is 1. The van der Waals surface area contributed by atoms with Crippen LogP contribution in [0.25, 0.3) is 10.9 Å². The maximum absolute atomic E-state index is 12.4. The van der Waals surface area contributed by atoms with Crippen LogP contribution in [-0.2, 0) is 4.74 Å². The van der Waals surface area contributed by atoms with Gasteiger partial charge in [0.1, 0.15) is 11.8 Å². The number of para-hydroxylation sites is 1. The minimum Gasteiger partial charge on any atom is -0.444 e. The number of hydrogen-bond donors (Lipinski definition) is 4. The number of rotatable bonds is 5. The minimum atomic E-state index is -0.908. The molecular weight excluding hydrogens is 416 g/mol. The number of likely N-dealkylation sites (tertiary alicyclic amines) is 1. The van der Waals surface area contributed by atoms with E-state index in [0.717, 1.165) is 38.5 Å². The van der Waals surface area contributed by atoms with Gasteiger partial charge < -0.3 is 30.8 Å². The molecule has 2 aromatic rings. The van der Waals surface area contributed by atoms with E-state index in [1.807, 2.05) is 20.8 Å². The second-order valence-electron chi connectivity index (χ2n) is 10.8. The molecule has 5 N–H and O–H groups in total. The van der Waals surface area contributed by atoms with Crippen molar-refractivity contribution in [2.45, 2.75) is 89.1 Å². The quantitative estimate of drug-likeness (QED) is 0.508. The number of piperidine rings is 1. The first-order chi connectivity index (χ1) is 15.7. The van der Waals surface area contributed by atoms with Gasteiger partial charge in [0.15, 0.2) is 0 Å². The van der Waals surface area contributed by atoms with Crippen LogP contribution in [0.2, 0.25) is 0 Å². The van der Waals surface area contributed by atoms with Crippen LogP contribution in [0.4, 0.5) is 4.79 Å². The number of hydrogen-bond acceptors (Lipinski definition) is 5. The van der Waals surface area contributed by atoms with Gasteiger partial charge in [-0.3, -0.25) is 0 Å². The molecule has 1 aromatic carbocycles. The van der Waals surface area contributed by atoms with Crippen LogP contribution in [0.3, 0.4) is 0 Å². The second-order valence-corrected chi connectivity index (χ2v) is 10.8. The molecule has 2 atom stereocenters. The number of aromatic amines is 1. The predicted octanol–water partition coefficient (Wildman–Crippen LogP) is 4.08. The molecule has 2 fully saturated rings. The van der Waals surface area contributed by atoms with E-state index < -0.39 is 11.8 Å². The maximum atomic E-state index is 12.4. The molecule has 1 aliphatic carbocycles. The second kappa shape index (κ2) is 10.0. The van der Waals surface area contributed by atoms with Crippen molar-refractivity contribution >= 4 is 17.0 Å². The Balaban J connectivity index is 1.29. The lowest BCUT2D eigenvalue weighted by atomic mass is 9.80. The van der Waals surface area contributed by atoms with E-state index in [0.29, 0.717) is 25.0 Å². The Kier molecular flexibility index (Phi) is 7.31. The molecule has 1 aromatic heterocycles. The Bertz CT molecular complexity index is 919. The van der Waals surface area contributed by atoms with Crippen molar-refractivity contribution in [3.8, 4) is 0 Å². The highest BCUT2D eigenvalue weighted by Gasteiger charge is 2.35. The van der Waals surface area contributed by atoms with Crippen LogP contribution >= 0.6 is 0 Å². The molecule has 7 nitrogen and oxygen atoms in total. The number of nitrogens with zero attached hydrogens (tertiary/aromatic N) is 1. The van der Waals surface area contributed by atoms with Gasteiger partial charge in [-0.2, -0.15) is 0 Å². The molecule has 0 bridgehead atoms. The zero-order valence-electron chi connectivity index (χ0n) is 20.2. The van der Waals surface area contributed by atoms with E-state index >= 15 is 0 Å². The van der Waals surface area contributed by atoms with Gasteiger partial charge in [-0.25, -0.2) is 4.79 Å². The van der Waals surface area contributed by atoms with E-state index in [2.05, 4.69) is 40.8 Å². The van der Waals surface area contributed by atoms with Crippen LogP contribution in [-0.4, -0.2) is 58.1 Å². The summed E-state index contributed by atoms with van der Waals surface area (Å²) in [6.45, 7) is 6.93. The predicted molar refractivity (Wildman–Crippen MR) is 131 cm³/mol. The fraction of sp³-hybridized carbons (Fsp3) is 0.654. The van der Waals surface area contributed by atoms with Crippen molar-refractivity contribution in [3.63, 3.8) is 0 Å². The van der Waals surface area contributed by atoms with E-state index in [-0.39, 0.29) is 18.1 Å². The monoisotopic (exact) mass is 456 g/mol. The minimum absolute atomic E-state index is 0.152. The summed E-state index contributed by atoms with van der Waals surface area (Å²) in [5, 5.41) is 15.4. The summed E-state index contributed by atoms with van der Waals surface area (Å²) in [6.07, 6.45) is 7.05. The number of H-pyrrole nitrogens is 1. The van der Waals surface area contributed by atoms with Crippen molar-refractivity contribution in [1.82, 2.24) is 15.2 Å². The third-order valence-corrected chi connectivity index (χ3v) is 7.28. The van der Waals surface area contributed by atoms with Gasteiger partial charge in [-0.15, -0.1) is 0 Å². The maximum Gasteiger partial charge on any atom is 0.410 e. The Hall–Kier alpha value is -2.09. The molecule has 1 amide bonds. The van der Waals surface area contributed by atoms with Crippen molar-refractivity contribution in [3.05, 3.63) is 36.0 Å². The highest BCUT2D eigenvalue weighted by atomic mass is 16.6. The van der Waals surface area contributed by atoms with Crippen LogP contribution in [0.1, 0.15) is 70.8 Å². The molecular formula is C26H40N4O3. The Morgan fingerprint density at radius 3 is 2.45 bits per heavy atom. The molecule has 1 saturated heterocycles. The number of nitrogens with one attached hydrogen (secondary N) is 2. The Morgan fingerprint density at radius 2 is 1.82 bits per heavy atom. The van der Waals surface area contributed by atoms with Gasteiger partial charge in [-0.05, 0) is 82.8 Å². The van der Waals surface area contributed by atoms with Gasteiger partial charge >= 0.3 is 6.09 Å². The number of carbonyl (C=O) groups excluding carboxylic acids is 1. The third kappa shape index (κ3) is 5.89. The number of benzene rings is 1. The lowest BCUT2D eigenvalue weighted by Crippen LogP contribution is -2.56. The highest BCUT2D eigenvalue weighted by Crippen LogP contribution is 2.37. The van der Waals surface area contributed by atoms with E-state index in [1.165, 1.54) is 16.5 Å². The van der Waals surface area contributed by atoms with Crippen LogP contribution in [0, 0.1) is 5.92 Å². The van der Waals surface area contributed by atoms with E-state index in [4.69, 9.17) is 10.5 Å². The van der Waals surface area contributed by atoms with Crippen molar-refractivity contribution in [2.24, 2.45) is 11.7 Å². The summed E-state index contributed by atoms with van der Waals surface area (Å²) in [7, 11) is 0. The zero-order chi connectivity index (χ0) is 23.6. The number of nitrogens with two attached hydrogens (primary N) is 1. The topological polar surface area (TPSA) is 104 Å². The van der Waals surface area contributed by atoms with E-state index in [1.54, 1.807) is 4.90 Å². The molecule has 2 unspecified atom stereocenters. The fourth-order valence-corrected chi connectivity index (χ4v) is 5.56. The molecule has 7 heteroatoms. The van der Waals surface area contributed by atoms with Gasteiger partial charge in [0.05, 0.1) is 0 Å². The molecule has 0 radical (unpaired) electrons. The SMILES string of the molecule is CC(C)(C)OC(=O)N1CCC(C(NC2CCC(c3c[nH]c4ccccc34)CC2)C(N)O)CC1. The lowest BCUT2D eigenvalue weighted by Gasteiger charge is -2.40. The number of aromatic nitrogens is 1. The Morgan fingerprint density at radius 1 is 1.15 bits per heavy atom. The van der Waals surface area contributed by atoms with Crippen molar-refractivity contribution in [2.75, 3.05) is 13.1 Å². The van der Waals surface area contributed by atoms with Crippen LogP contribution < -0.4 is 11.1 Å².